The molecule has 16 heavy (non-hydrogen) atoms. The van der Waals surface area contributed by atoms with E-state index in [1.54, 1.807) is 0 Å². The number of aromatic nitrogens is 1. The zero-order chi connectivity index (χ0) is 11.4. The van der Waals surface area contributed by atoms with Crippen molar-refractivity contribution in [1.82, 2.24) is 15.2 Å². The van der Waals surface area contributed by atoms with Gasteiger partial charge in [-0.25, -0.2) is 0 Å². The van der Waals surface area contributed by atoms with Crippen molar-refractivity contribution in [2.75, 3.05) is 26.2 Å². The predicted octanol–water partition coefficient (Wildman–Crippen LogP) is 2.01. The van der Waals surface area contributed by atoms with Gasteiger partial charge < -0.3 is 10.3 Å². The largest absolute Gasteiger partial charge is 0.364 e. The lowest BCUT2D eigenvalue weighted by Crippen LogP contribution is -2.45. The fourth-order valence-electron chi connectivity index (χ4n) is 2.46. The standard InChI is InChI=1S/C13H23N3/c1-11(2)10-13(12-4-3-5-15-12)16-8-6-14-7-9-16/h3-5,11,13-15H,6-10H2,1-2H3/t13-/m1/s1. The van der Waals surface area contributed by atoms with E-state index >= 15 is 0 Å². The van der Waals surface area contributed by atoms with Crippen LogP contribution in [-0.2, 0) is 0 Å². The third-order valence-electron chi connectivity index (χ3n) is 3.27. The van der Waals surface area contributed by atoms with Gasteiger partial charge in [-0.15, -0.1) is 0 Å². The number of nitrogens with zero attached hydrogens (tertiary/aromatic N) is 1. The minimum Gasteiger partial charge on any atom is -0.364 e. The van der Waals surface area contributed by atoms with Crippen LogP contribution in [0.25, 0.3) is 0 Å². The quantitative estimate of drug-likeness (QED) is 0.815. The molecule has 90 valence electrons. The van der Waals surface area contributed by atoms with Crippen molar-refractivity contribution in [1.29, 1.82) is 0 Å². The minimum atomic E-state index is 0.567. The maximum Gasteiger partial charge on any atom is 0.0501 e. The molecule has 1 aliphatic heterocycles. The third-order valence-corrected chi connectivity index (χ3v) is 3.27. The molecule has 3 heteroatoms. The Balaban J connectivity index is 2.07. The number of hydrogen-bond donors (Lipinski definition) is 2. The van der Waals surface area contributed by atoms with E-state index in [-0.39, 0.29) is 0 Å². The first kappa shape index (κ1) is 11.7. The van der Waals surface area contributed by atoms with Crippen molar-refractivity contribution in [2.24, 2.45) is 5.92 Å². The highest BCUT2D eigenvalue weighted by Gasteiger charge is 2.23. The van der Waals surface area contributed by atoms with Gasteiger partial charge in [0.25, 0.3) is 0 Å². The van der Waals surface area contributed by atoms with Crippen LogP contribution in [0.3, 0.4) is 0 Å². The molecule has 1 atom stereocenters. The van der Waals surface area contributed by atoms with Gasteiger partial charge in [0.05, 0.1) is 6.04 Å². The van der Waals surface area contributed by atoms with Crippen LogP contribution >= 0.6 is 0 Å². The van der Waals surface area contributed by atoms with Gasteiger partial charge in [0.1, 0.15) is 0 Å². The van der Waals surface area contributed by atoms with Gasteiger partial charge in [0.15, 0.2) is 0 Å². The molecule has 2 heterocycles. The molecule has 0 bridgehead atoms. The number of hydrogen-bond acceptors (Lipinski definition) is 2. The number of rotatable bonds is 4. The van der Waals surface area contributed by atoms with Gasteiger partial charge in [0, 0.05) is 38.1 Å². The molecule has 1 aromatic rings. The average Bonchev–Trinajstić information content (AvgIpc) is 2.80. The fraction of sp³-hybridized carbons (Fsp3) is 0.692. The molecule has 2 N–H and O–H groups in total. The monoisotopic (exact) mass is 221 g/mol. The molecule has 0 aliphatic carbocycles. The van der Waals surface area contributed by atoms with E-state index in [1.165, 1.54) is 12.1 Å². The lowest BCUT2D eigenvalue weighted by Gasteiger charge is -2.35. The molecular formula is C13H23N3. The summed E-state index contributed by atoms with van der Waals surface area (Å²) < 4.78 is 0. The Morgan fingerprint density at radius 3 is 2.62 bits per heavy atom. The summed E-state index contributed by atoms with van der Waals surface area (Å²) in [4.78, 5) is 5.98. The van der Waals surface area contributed by atoms with Crippen LogP contribution in [-0.4, -0.2) is 36.1 Å². The highest BCUT2D eigenvalue weighted by Crippen LogP contribution is 2.26. The van der Waals surface area contributed by atoms with Crippen molar-refractivity contribution in [3.05, 3.63) is 24.0 Å². The molecule has 0 radical (unpaired) electrons. The summed E-state index contributed by atoms with van der Waals surface area (Å²) >= 11 is 0. The molecule has 3 nitrogen and oxygen atoms in total. The first-order chi connectivity index (χ1) is 7.77. The number of piperazine rings is 1. The smallest absolute Gasteiger partial charge is 0.0501 e. The lowest BCUT2D eigenvalue weighted by atomic mass is 9.99. The lowest BCUT2D eigenvalue weighted by molar-refractivity contribution is 0.151. The Labute approximate surface area is 98.2 Å². The van der Waals surface area contributed by atoms with E-state index in [0.717, 1.165) is 32.1 Å². The topological polar surface area (TPSA) is 31.1 Å². The summed E-state index contributed by atoms with van der Waals surface area (Å²) in [5.74, 6) is 0.739. The van der Waals surface area contributed by atoms with Crippen LogP contribution in [0.15, 0.2) is 18.3 Å². The molecule has 0 amide bonds. The molecule has 0 spiro atoms. The summed E-state index contributed by atoms with van der Waals surface area (Å²) in [7, 11) is 0. The third kappa shape index (κ3) is 2.86. The molecule has 0 aromatic carbocycles. The number of aromatic amines is 1. The Kier molecular flexibility index (Phi) is 4.02. The minimum absolute atomic E-state index is 0.567. The second-order valence-corrected chi connectivity index (χ2v) is 5.06. The summed E-state index contributed by atoms with van der Waals surface area (Å²) in [6.45, 7) is 9.17. The zero-order valence-electron chi connectivity index (χ0n) is 10.4. The van der Waals surface area contributed by atoms with Crippen molar-refractivity contribution >= 4 is 0 Å². The molecule has 1 saturated heterocycles. The molecule has 1 aliphatic rings. The first-order valence-corrected chi connectivity index (χ1v) is 6.35. The number of H-pyrrole nitrogens is 1. The van der Waals surface area contributed by atoms with Crippen LogP contribution in [0, 0.1) is 5.92 Å². The second-order valence-electron chi connectivity index (χ2n) is 5.06. The maximum absolute atomic E-state index is 3.42. The van der Waals surface area contributed by atoms with Crippen LogP contribution in [0.2, 0.25) is 0 Å². The van der Waals surface area contributed by atoms with Crippen molar-refractivity contribution in [3.63, 3.8) is 0 Å². The Bertz CT molecular complexity index is 286. The normalized spacial score (nSPS) is 20.2. The molecular weight excluding hydrogens is 198 g/mol. The molecule has 1 fully saturated rings. The van der Waals surface area contributed by atoms with Gasteiger partial charge in [-0.05, 0) is 24.5 Å². The average molecular weight is 221 g/mol. The van der Waals surface area contributed by atoms with Gasteiger partial charge >= 0.3 is 0 Å². The van der Waals surface area contributed by atoms with Gasteiger partial charge in [-0.1, -0.05) is 13.8 Å². The van der Waals surface area contributed by atoms with Crippen molar-refractivity contribution in [2.45, 2.75) is 26.3 Å². The van der Waals surface area contributed by atoms with Gasteiger partial charge in [-0.3, -0.25) is 4.90 Å². The predicted molar refractivity (Wildman–Crippen MR) is 67.4 cm³/mol. The first-order valence-electron chi connectivity index (χ1n) is 6.35. The highest BCUT2D eigenvalue weighted by molar-refractivity contribution is 5.10. The van der Waals surface area contributed by atoms with Crippen LogP contribution in [0.1, 0.15) is 32.0 Å². The van der Waals surface area contributed by atoms with E-state index in [2.05, 4.69) is 41.2 Å². The Hall–Kier alpha value is -0.800. The van der Waals surface area contributed by atoms with Crippen LogP contribution in [0.5, 0.6) is 0 Å². The Morgan fingerprint density at radius 1 is 1.31 bits per heavy atom. The van der Waals surface area contributed by atoms with Crippen LogP contribution < -0.4 is 5.32 Å². The van der Waals surface area contributed by atoms with Gasteiger partial charge in [0.2, 0.25) is 0 Å². The van der Waals surface area contributed by atoms with Crippen LogP contribution in [0.4, 0.5) is 0 Å². The second kappa shape index (κ2) is 5.51. The summed E-state index contributed by atoms with van der Waals surface area (Å²) in [6, 6.07) is 4.89. The molecule has 0 unspecified atom stereocenters. The summed E-state index contributed by atoms with van der Waals surface area (Å²) in [5.41, 5.74) is 1.37. The Morgan fingerprint density at radius 2 is 2.06 bits per heavy atom. The van der Waals surface area contributed by atoms with Gasteiger partial charge in [-0.2, -0.15) is 0 Å². The van der Waals surface area contributed by atoms with E-state index < -0.39 is 0 Å². The SMILES string of the molecule is CC(C)C[C@H](c1ccc[nH]1)N1CCNCC1. The number of nitrogens with one attached hydrogen (secondary N) is 2. The molecule has 0 saturated carbocycles. The summed E-state index contributed by atoms with van der Waals surface area (Å²) in [5, 5.41) is 3.42. The molecule has 2 rings (SSSR count). The van der Waals surface area contributed by atoms with E-state index in [0.29, 0.717) is 6.04 Å². The van der Waals surface area contributed by atoms with E-state index in [4.69, 9.17) is 0 Å². The molecule has 1 aromatic heterocycles. The van der Waals surface area contributed by atoms with E-state index in [9.17, 15) is 0 Å². The van der Waals surface area contributed by atoms with E-state index in [1.807, 2.05) is 6.20 Å². The summed E-state index contributed by atoms with van der Waals surface area (Å²) in [6.07, 6.45) is 3.27. The highest BCUT2D eigenvalue weighted by atomic mass is 15.2. The van der Waals surface area contributed by atoms with Crippen molar-refractivity contribution in [3.8, 4) is 0 Å². The fourth-order valence-corrected chi connectivity index (χ4v) is 2.46. The zero-order valence-corrected chi connectivity index (χ0v) is 10.4. The van der Waals surface area contributed by atoms with Crippen molar-refractivity contribution < 1.29 is 0 Å². The maximum atomic E-state index is 3.42.